The first kappa shape index (κ1) is 17.0. The van der Waals surface area contributed by atoms with Gasteiger partial charge in [-0.2, -0.15) is 5.10 Å². The molecule has 3 aromatic rings. The van der Waals surface area contributed by atoms with Gasteiger partial charge in [-0.25, -0.2) is 10.2 Å². The number of carbonyl (C=O) groups is 1. The lowest BCUT2D eigenvalue weighted by Crippen LogP contribution is -2.24. The number of rotatable bonds is 5. The third-order valence-electron chi connectivity index (χ3n) is 3.61. The van der Waals surface area contributed by atoms with Crippen molar-refractivity contribution in [3.05, 3.63) is 76.3 Å². The van der Waals surface area contributed by atoms with Crippen molar-refractivity contribution in [3.63, 3.8) is 0 Å². The molecule has 0 saturated heterocycles. The van der Waals surface area contributed by atoms with Gasteiger partial charge in [0.1, 0.15) is 12.4 Å². The predicted octanol–water partition coefficient (Wildman–Crippen LogP) is 4.18. The van der Waals surface area contributed by atoms with Gasteiger partial charge in [0.05, 0.1) is 10.7 Å². The van der Waals surface area contributed by atoms with E-state index in [1.54, 1.807) is 0 Å². The number of hydrogen-bond acceptors (Lipinski definition) is 3. The highest BCUT2D eigenvalue weighted by atomic mass is 79.9. The molecule has 3 aromatic carbocycles. The van der Waals surface area contributed by atoms with Crippen LogP contribution in [0.15, 0.2) is 70.2 Å². The van der Waals surface area contributed by atoms with E-state index >= 15 is 0 Å². The second-order valence-corrected chi connectivity index (χ2v) is 6.21. The number of carbonyl (C=O) groups excluding carboxylic acids is 1. The Morgan fingerprint density at radius 3 is 2.76 bits per heavy atom. The van der Waals surface area contributed by atoms with Crippen molar-refractivity contribution in [2.45, 2.75) is 6.61 Å². The number of primary amides is 1. The highest BCUT2D eigenvalue weighted by molar-refractivity contribution is 9.10. The zero-order valence-electron chi connectivity index (χ0n) is 13.3. The van der Waals surface area contributed by atoms with Crippen LogP contribution in [0.5, 0.6) is 5.75 Å². The largest absolute Gasteiger partial charge is 0.488 e. The molecule has 0 fully saturated rings. The molecule has 0 atom stereocenters. The number of ether oxygens (including phenoxy) is 1. The maximum atomic E-state index is 10.6. The number of nitrogens with two attached hydrogens (primary N) is 1. The zero-order chi connectivity index (χ0) is 17.6. The second kappa shape index (κ2) is 7.81. The van der Waals surface area contributed by atoms with Gasteiger partial charge in [-0.1, -0.05) is 42.5 Å². The molecule has 0 aliphatic heterocycles. The SMILES string of the molecule is NC(=O)N/N=C/c1ccc(OCc2cccc3ccccc23)c(Br)c1. The van der Waals surface area contributed by atoms with Crippen LogP contribution in [-0.2, 0) is 6.61 Å². The maximum absolute atomic E-state index is 10.6. The van der Waals surface area contributed by atoms with Crippen LogP contribution in [0.25, 0.3) is 10.8 Å². The van der Waals surface area contributed by atoms with Gasteiger partial charge < -0.3 is 10.5 Å². The number of urea groups is 1. The topological polar surface area (TPSA) is 76.7 Å². The Labute approximate surface area is 153 Å². The molecule has 126 valence electrons. The van der Waals surface area contributed by atoms with Gasteiger partial charge in [0.2, 0.25) is 0 Å². The Morgan fingerprint density at radius 1 is 1.16 bits per heavy atom. The average Bonchev–Trinajstić information content (AvgIpc) is 2.61. The molecule has 0 unspecified atom stereocenters. The normalized spacial score (nSPS) is 10.9. The van der Waals surface area contributed by atoms with Crippen LogP contribution in [0.1, 0.15) is 11.1 Å². The summed E-state index contributed by atoms with van der Waals surface area (Å²) >= 11 is 3.49. The summed E-state index contributed by atoms with van der Waals surface area (Å²) in [5, 5.41) is 6.10. The number of amides is 2. The first-order chi connectivity index (χ1) is 12.1. The second-order valence-electron chi connectivity index (χ2n) is 5.35. The first-order valence-electron chi connectivity index (χ1n) is 7.61. The third kappa shape index (κ3) is 4.36. The molecule has 0 aliphatic carbocycles. The monoisotopic (exact) mass is 397 g/mol. The van der Waals surface area contributed by atoms with E-state index in [2.05, 4.69) is 50.7 Å². The molecule has 3 rings (SSSR count). The van der Waals surface area contributed by atoms with Crippen LogP contribution in [0, 0.1) is 0 Å². The van der Waals surface area contributed by atoms with Crippen LogP contribution >= 0.6 is 15.9 Å². The molecule has 0 bridgehead atoms. The fourth-order valence-electron chi connectivity index (χ4n) is 2.46. The quantitative estimate of drug-likeness (QED) is 0.500. The fraction of sp³-hybridized carbons (Fsp3) is 0.0526. The minimum atomic E-state index is -0.703. The minimum Gasteiger partial charge on any atom is -0.488 e. The highest BCUT2D eigenvalue weighted by Crippen LogP contribution is 2.27. The summed E-state index contributed by atoms with van der Waals surface area (Å²) in [5.74, 6) is 0.730. The van der Waals surface area contributed by atoms with Crippen molar-refractivity contribution in [3.8, 4) is 5.75 Å². The van der Waals surface area contributed by atoms with E-state index in [0.717, 1.165) is 21.3 Å². The van der Waals surface area contributed by atoms with Crippen molar-refractivity contribution in [1.29, 1.82) is 0 Å². The van der Waals surface area contributed by atoms with E-state index in [-0.39, 0.29) is 0 Å². The van der Waals surface area contributed by atoms with Gasteiger partial charge in [-0.3, -0.25) is 0 Å². The van der Waals surface area contributed by atoms with Crippen LogP contribution in [-0.4, -0.2) is 12.2 Å². The zero-order valence-corrected chi connectivity index (χ0v) is 14.9. The predicted molar refractivity (Wildman–Crippen MR) is 103 cm³/mol. The summed E-state index contributed by atoms with van der Waals surface area (Å²) in [7, 11) is 0. The number of hydrazone groups is 1. The van der Waals surface area contributed by atoms with Crippen molar-refractivity contribution in [2.75, 3.05) is 0 Å². The summed E-state index contributed by atoms with van der Waals surface area (Å²) < 4.78 is 6.75. The Hall–Kier alpha value is -2.86. The molecule has 0 spiro atoms. The van der Waals surface area contributed by atoms with E-state index in [9.17, 15) is 4.79 Å². The molecule has 0 saturated carbocycles. The number of fused-ring (bicyclic) bond motifs is 1. The van der Waals surface area contributed by atoms with Gasteiger partial charge in [0, 0.05) is 0 Å². The Bertz CT molecular complexity index is 936. The summed E-state index contributed by atoms with van der Waals surface area (Å²) in [4.78, 5) is 10.6. The Balaban J connectivity index is 1.73. The van der Waals surface area contributed by atoms with Gasteiger partial charge in [0.25, 0.3) is 0 Å². The molecule has 0 aliphatic rings. The van der Waals surface area contributed by atoms with Crippen LogP contribution < -0.4 is 15.9 Å². The summed E-state index contributed by atoms with van der Waals surface area (Å²) in [6.45, 7) is 0.469. The van der Waals surface area contributed by atoms with E-state index in [1.807, 2.05) is 36.4 Å². The molecule has 0 radical (unpaired) electrons. The molecule has 5 nitrogen and oxygen atoms in total. The molecule has 3 N–H and O–H groups in total. The molecular formula is C19H16BrN3O2. The van der Waals surface area contributed by atoms with Crippen LogP contribution in [0.4, 0.5) is 4.79 Å². The van der Waals surface area contributed by atoms with E-state index in [1.165, 1.54) is 17.0 Å². The van der Waals surface area contributed by atoms with E-state index in [4.69, 9.17) is 10.5 Å². The molecule has 2 amide bonds. The highest BCUT2D eigenvalue weighted by Gasteiger charge is 2.05. The third-order valence-corrected chi connectivity index (χ3v) is 4.23. The molecule has 0 heterocycles. The molecule has 0 aromatic heterocycles. The Kier molecular flexibility index (Phi) is 5.30. The van der Waals surface area contributed by atoms with Crippen molar-refractivity contribution in [1.82, 2.24) is 5.43 Å². The summed E-state index contributed by atoms with van der Waals surface area (Å²) in [5.41, 5.74) is 9.04. The minimum absolute atomic E-state index is 0.469. The van der Waals surface area contributed by atoms with Crippen LogP contribution in [0.3, 0.4) is 0 Å². The van der Waals surface area contributed by atoms with E-state index in [0.29, 0.717) is 6.61 Å². The lowest BCUT2D eigenvalue weighted by Gasteiger charge is -2.11. The van der Waals surface area contributed by atoms with Gasteiger partial charge in [-0.15, -0.1) is 0 Å². The number of nitrogens with zero attached hydrogens (tertiary/aromatic N) is 1. The van der Waals surface area contributed by atoms with Gasteiger partial charge in [0.15, 0.2) is 0 Å². The maximum Gasteiger partial charge on any atom is 0.332 e. The lowest BCUT2D eigenvalue weighted by molar-refractivity contribution is 0.249. The molecular weight excluding hydrogens is 382 g/mol. The number of benzene rings is 3. The lowest BCUT2D eigenvalue weighted by atomic mass is 10.1. The molecule has 6 heteroatoms. The standard InChI is InChI=1S/C19H16BrN3O2/c20-17-10-13(11-22-23-19(21)24)8-9-18(17)25-12-15-6-3-5-14-4-1-2-7-16(14)15/h1-11H,12H2,(H3,21,23,24)/b22-11+. The average molecular weight is 398 g/mol. The van der Waals surface area contributed by atoms with Crippen molar-refractivity contribution in [2.24, 2.45) is 10.8 Å². The van der Waals surface area contributed by atoms with Crippen LogP contribution in [0.2, 0.25) is 0 Å². The fourth-order valence-corrected chi connectivity index (χ4v) is 2.97. The first-order valence-corrected chi connectivity index (χ1v) is 8.40. The smallest absolute Gasteiger partial charge is 0.332 e. The van der Waals surface area contributed by atoms with Gasteiger partial charge >= 0.3 is 6.03 Å². The number of nitrogens with one attached hydrogen (secondary N) is 1. The number of hydrogen-bond donors (Lipinski definition) is 2. The summed E-state index contributed by atoms with van der Waals surface area (Å²) in [6.07, 6.45) is 1.50. The molecule has 25 heavy (non-hydrogen) atoms. The van der Waals surface area contributed by atoms with Gasteiger partial charge in [-0.05, 0) is 56.0 Å². The van der Waals surface area contributed by atoms with E-state index < -0.39 is 6.03 Å². The summed E-state index contributed by atoms with van der Waals surface area (Å²) in [6, 6.07) is 19.2. The van der Waals surface area contributed by atoms with Crippen molar-refractivity contribution < 1.29 is 9.53 Å². The number of halogens is 1. The Morgan fingerprint density at radius 2 is 1.96 bits per heavy atom. The van der Waals surface area contributed by atoms with Crippen molar-refractivity contribution >= 4 is 38.9 Å².